The van der Waals surface area contributed by atoms with Gasteiger partial charge in [0.1, 0.15) is 5.82 Å². The van der Waals surface area contributed by atoms with E-state index < -0.39 is 6.04 Å². The van der Waals surface area contributed by atoms with Crippen molar-refractivity contribution in [3.63, 3.8) is 0 Å². The molecule has 0 spiro atoms. The highest BCUT2D eigenvalue weighted by atomic mass is 19.1. The highest BCUT2D eigenvalue weighted by Gasteiger charge is 2.16. The fraction of sp³-hybridized carbons (Fsp3) is 0.105. The molecule has 5 nitrogen and oxygen atoms in total. The summed E-state index contributed by atoms with van der Waals surface area (Å²) in [6.45, 7) is 0.367. The van der Waals surface area contributed by atoms with Crippen LogP contribution in [-0.2, 0) is 6.54 Å². The van der Waals surface area contributed by atoms with Crippen molar-refractivity contribution in [2.45, 2.75) is 12.6 Å². The van der Waals surface area contributed by atoms with Crippen LogP contribution in [0.2, 0.25) is 0 Å². The fourth-order valence-electron chi connectivity index (χ4n) is 2.44. The molecule has 3 rings (SSSR count). The molecule has 1 aromatic carbocycles. The number of urea groups is 1. The predicted octanol–water partition coefficient (Wildman–Crippen LogP) is 3.20. The zero-order chi connectivity index (χ0) is 17.5. The SMILES string of the molecule is O=C(NCc1cccnc1)N[C@@H](c1ccncc1)c1ccc(F)cc1. The Morgan fingerprint density at radius 3 is 2.36 bits per heavy atom. The van der Waals surface area contributed by atoms with Gasteiger partial charge in [0.25, 0.3) is 0 Å². The van der Waals surface area contributed by atoms with Crippen LogP contribution >= 0.6 is 0 Å². The molecule has 2 N–H and O–H groups in total. The lowest BCUT2D eigenvalue weighted by molar-refractivity contribution is 0.238. The second-order valence-electron chi connectivity index (χ2n) is 5.45. The number of benzene rings is 1. The lowest BCUT2D eigenvalue weighted by Crippen LogP contribution is -2.38. The molecule has 2 aromatic heterocycles. The molecule has 6 heteroatoms. The lowest BCUT2D eigenvalue weighted by Gasteiger charge is -2.20. The molecule has 2 heterocycles. The van der Waals surface area contributed by atoms with Crippen LogP contribution in [0.1, 0.15) is 22.7 Å². The van der Waals surface area contributed by atoms with E-state index >= 15 is 0 Å². The Labute approximate surface area is 145 Å². The van der Waals surface area contributed by atoms with Crippen LogP contribution in [0.5, 0.6) is 0 Å². The molecule has 0 aliphatic carbocycles. The molecule has 0 radical (unpaired) electrons. The molecule has 0 aliphatic heterocycles. The van der Waals surface area contributed by atoms with Gasteiger partial charge >= 0.3 is 6.03 Å². The Morgan fingerprint density at radius 2 is 1.68 bits per heavy atom. The Bertz CT molecular complexity index is 810. The van der Waals surface area contributed by atoms with Gasteiger partial charge in [-0.2, -0.15) is 0 Å². The van der Waals surface area contributed by atoms with Gasteiger partial charge in [0.05, 0.1) is 6.04 Å². The Hall–Kier alpha value is -3.28. The quantitative estimate of drug-likeness (QED) is 0.752. The molecule has 0 unspecified atom stereocenters. The van der Waals surface area contributed by atoms with Crippen LogP contribution in [0.25, 0.3) is 0 Å². The number of rotatable bonds is 5. The van der Waals surface area contributed by atoms with Crippen LogP contribution in [-0.4, -0.2) is 16.0 Å². The zero-order valence-electron chi connectivity index (χ0n) is 13.4. The van der Waals surface area contributed by atoms with Crippen LogP contribution in [0.4, 0.5) is 9.18 Å². The van der Waals surface area contributed by atoms with E-state index in [0.29, 0.717) is 6.54 Å². The van der Waals surface area contributed by atoms with Gasteiger partial charge in [-0.1, -0.05) is 18.2 Å². The summed E-state index contributed by atoms with van der Waals surface area (Å²) in [6.07, 6.45) is 6.68. The van der Waals surface area contributed by atoms with E-state index in [0.717, 1.165) is 16.7 Å². The topological polar surface area (TPSA) is 66.9 Å². The first kappa shape index (κ1) is 16.6. The third kappa shape index (κ3) is 4.60. The third-order valence-electron chi connectivity index (χ3n) is 3.69. The van der Waals surface area contributed by atoms with Crippen molar-refractivity contribution < 1.29 is 9.18 Å². The van der Waals surface area contributed by atoms with E-state index in [1.54, 1.807) is 36.9 Å². The van der Waals surface area contributed by atoms with Gasteiger partial charge in [-0.25, -0.2) is 9.18 Å². The molecule has 0 saturated carbocycles. The number of pyridine rings is 2. The second kappa shape index (κ2) is 8.01. The highest BCUT2D eigenvalue weighted by Crippen LogP contribution is 2.21. The van der Waals surface area contributed by atoms with Crippen molar-refractivity contribution in [2.24, 2.45) is 0 Å². The Kier molecular flexibility index (Phi) is 5.31. The third-order valence-corrected chi connectivity index (χ3v) is 3.69. The first-order valence-electron chi connectivity index (χ1n) is 7.81. The number of amides is 2. The number of aromatic nitrogens is 2. The molecule has 0 bridgehead atoms. The monoisotopic (exact) mass is 336 g/mol. The largest absolute Gasteiger partial charge is 0.334 e. The molecule has 126 valence electrons. The average Bonchev–Trinajstić information content (AvgIpc) is 2.67. The number of hydrogen-bond donors (Lipinski definition) is 2. The van der Waals surface area contributed by atoms with Gasteiger partial charge < -0.3 is 10.6 Å². The summed E-state index contributed by atoms with van der Waals surface area (Å²) in [4.78, 5) is 20.3. The average molecular weight is 336 g/mol. The van der Waals surface area contributed by atoms with Crippen molar-refractivity contribution >= 4 is 6.03 Å². The normalized spacial score (nSPS) is 11.6. The maximum Gasteiger partial charge on any atom is 0.315 e. The van der Waals surface area contributed by atoms with E-state index in [2.05, 4.69) is 20.6 Å². The smallest absolute Gasteiger partial charge is 0.315 e. The van der Waals surface area contributed by atoms with Gasteiger partial charge in [-0.05, 0) is 47.0 Å². The zero-order valence-corrected chi connectivity index (χ0v) is 13.4. The first-order chi connectivity index (χ1) is 12.2. The minimum absolute atomic E-state index is 0.321. The minimum atomic E-state index is -0.405. The summed E-state index contributed by atoms with van der Waals surface area (Å²) in [7, 11) is 0. The number of hydrogen-bond acceptors (Lipinski definition) is 3. The van der Waals surface area contributed by atoms with Crippen molar-refractivity contribution in [3.8, 4) is 0 Å². The summed E-state index contributed by atoms with van der Waals surface area (Å²) in [5.74, 6) is -0.321. The van der Waals surface area contributed by atoms with E-state index in [9.17, 15) is 9.18 Å². The van der Waals surface area contributed by atoms with Crippen LogP contribution < -0.4 is 10.6 Å². The van der Waals surface area contributed by atoms with E-state index in [1.165, 1.54) is 12.1 Å². The fourth-order valence-corrected chi connectivity index (χ4v) is 2.44. The van der Waals surface area contributed by atoms with Gasteiger partial charge in [0.15, 0.2) is 0 Å². The standard InChI is InChI=1S/C19H17FN4O/c20-17-5-3-15(4-6-17)18(16-7-10-21-11-8-16)24-19(25)23-13-14-2-1-9-22-12-14/h1-12,18H,13H2,(H2,23,24,25)/t18-/m1/s1. The summed E-state index contributed by atoms with van der Waals surface area (Å²) in [6, 6.07) is 12.7. The van der Waals surface area contributed by atoms with Crippen LogP contribution in [0.15, 0.2) is 73.3 Å². The molecular formula is C19H17FN4O. The van der Waals surface area contributed by atoms with Crippen molar-refractivity contribution in [1.82, 2.24) is 20.6 Å². The van der Waals surface area contributed by atoms with Gasteiger partial charge in [0, 0.05) is 31.3 Å². The highest BCUT2D eigenvalue weighted by molar-refractivity contribution is 5.75. The molecule has 0 aliphatic rings. The number of halogens is 1. The maximum atomic E-state index is 13.2. The van der Waals surface area contributed by atoms with Crippen molar-refractivity contribution in [2.75, 3.05) is 0 Å². The molecule has 0 saturated heterocycles. The molecule has 25 heavy (non-hydrogen) atoms. The molecule has 3 aromatic rings. The van der Waals surface area contributed by atoms with Gasteiger partial charge in [-0.15, -0.1) is 0 Å². The molecule has 0 fully saturated rings. The first-order valence-corrected chi connectivity index (χ1v) is 7.81. The maximum absolute atomic E-state index is 13.2. The van der Waals surface area contributed by atoms with Gasteiger partial charge in [-0.3, -0.25) is 9.97 Å². The Morgan fingerprint density at radius 1 is 0.960 bits per heavy atom. The lowest BCUT2D eigenvalue weighted by atomic mass is 10.00. The summed E-state index contributed by atoms with van der Waals surface area (Å²) in [5, 5.41) is 5.72. The summed E-state index contributed by atoms with van der Waals surface area (Å²) < 4.78 is 13.2. The second-order valence-corrected chi connectivity index (χ2v) is 5.45. The van der Waals surface area contributed by atoms with Crippen molar-refractivity contribution in [3.05, 3.63) is 95.8 Å². The van der Waals surface area contributed by atoms with Crippen LogP contribution in [0.3, 0.4) is 0 Å². The molecule has 1 atom stereocenters. The molecular weight excluding hydrogens is 319 g/mol. The van der Waals surface area contributed by atoms with E-state index in [1.807, 2.05) is 24.3 Å². The number of carbonyl (C=O) groups is 1. The number of nitrogens with zero attached hydrogens (tertiary/aromatic N) is 2. The van der Waals surface area contributed by atoms with Crippen LogP contribution in [0, 0.1) is 5.82 Å². The number of nitrogens with one attached hydrogen (secondary N) is 2. The van der Waals surface area contributed by atoms with E-state index in [4.69, 9.17) is 0 Å². The molecule has 2 amide bonds. The van der Waals surface area contributed by atoms with Gasteiger partial charge in [0.2, 0.25) is 0 Å². The predicted molar refractivity (Wildman–Crippen MR) is 92.1 cm³/mol. The summed E-state index contributed by atoms with van der Waals surface area (Å²) >= 11 is 0. The Balaban J connectivity index is 1.73. The van der Waals surface area contributed by atoms with Crippen molar-refractivity contribution in [1.29, 1.82) is 0 Å². The van der Waals surface area contributed by atoms with E-state index in [-0.39, 0.29) is 11.8 Å². The minimum Gasteiger partial charge on any atom is -0.334 e. The summed E-state index contributed by atoms with van der Waals surface area (Å²) in [5.41, 5.74) is 2.54. The number of carbonyl (C=O) groups excluding carboxylic acids is 1.